The Morgan fingerprint density at radius 3 is 2.56 bits per heavy atom. The predicted octanol–water partition coefficient (Wildman–Crippen LogP) is 4.29. The van der Waals surface area contributed by atoms with Crippen molar-refractivity contribution in [3.63, 3.8) is 0 Å². The number of pyridine rings is 1. The lowest BCUT2D eigenvalue weighted by atomic mass is 9.63. The molecule has 4 nitrogen and oxygen atoms in total. The summed E-state index contributed by atoms with van der Waals surface area (Å²) >= 11 is 0. The molecule has 4 rings (SSSR count). The number of H-pyrrole nitrogens is 1. The van der Waals surface area contributed by atoms with E-state index in [1.54, 1.807) is 18.3 Å². The molecule has 0 amide bonds. The predicted molar refractivity (Wildman–Crippen MR) is 98.0 cm³/mol. The lowest BCUT2D eigenvalue weighted by molar-refractivity contribution is 0.0423. The highest BCUT2D eigenvalue weighted by Crippen LogP contribution is 2.52. The van der Waals surface area contributed by atoms with Crippen molar-refractivity contribution in [3.05, 3.63) is 46.4 Å². The Morgan fingerprint density at radius 2 is 1.84 bits per heavy atom. The van der Waals surface area contributed by atoms with Crippen LogP contribution in [0.1, 0.15) is 45.1 Å². The molecule has 1 aliphatic heterocycles. The van der Waals surface area contributed by atoms with E-state index >= 15 is 0 Å². The average molecular weight is 339 g/mol. The Balaban J connectivity index is 1.88. The number of ether oxygens (including phenoxy) is 1. The minimum absolute atomic E-state index is 0.0270. The number of hydrogen-bond acceptors (Lipinski definition) is 3. The van der Waals surface area contributed by atoms with E-state index in [4.69, 9.17) is 4.74 Å². The number of aromatic nitrogens is 1. The summed E-state index contributed by atoms with van der Waals surface area (Å²) in [7, 11) is 0. The summed E-state index contributed by atoms with van der Waals surface area (Å²) in [6.45, 7) is 6.70. The first-order chi connectivity index (χ1) is 12.0. The SMILES string of the molecule is C[C@H]1C[C@@H]2[C@H](c3c(c(-c4ccc(O)cc4)c[nH]c3=O)O[C@H]2C)[C@@H](C)C1. The minimum Gasteiger partial charge on any atom is -0.508 e. The van der Waals surface area contributed by atoms with Crippen LogP contribution >= 0.6 is 0 Å². The van der Waals surface area contributed by atoms with Crippen molar-refractivity contribution < 1.29 is 9.84 Å². The average Bonchev–Trinajstić information content (AvgIpc) is 2.56. The van der Waals surface area contributed by atoms with Gasteiger partial charge in [-0.1, -0.05) is 26.0 Å². The van der Waals surface area contributed by atoms with Gasteiger partial charge in [0.05, 0.1) is 11.7 Å². The number of phenols is 1. The second kappa shape index (κ2) is 5.94. The maximum atomic E-state index is 12.7. The van der Waals surface area contributed by atoms with E-state index in [0.717, 1.165) is 35.3 Å². The zero-order valence-corrected chi connectivity index (χ0v) is 15.0. The number of nitrogens with one attached hydrogen (secondary N) is 1. The molecule has 5 atom stereocenters. The Bertz CT molecular complexity index is 839. The number of benzene rings is 1. The van der Waals surface area contributed by atoms with Gasteiger partial charge in [-0.05, 0) is 49.3 Å². The second-order valence-electron chi connectivity index (χ2n) is 7.89. The molecule has 1 saturated carbocycles. The van der Waals surface area contributed by atoms with E-state index in [9.17, 15) is 9.90 Å². The van der Waals surface area contributed by atoms with Gasteiger partial charge in [-0.3, -0.25) is 4.79 Å². The summed E-state index contributed by atoms with van der Waals surface area (Å²) < 4.78 is 6.31. The maximum Gasteiger partial charge on any atom is 0.255 e. The molecule has 1 aromatic carbocycles. The molecule has 0 saturated heterocycles. The van der Waals surface area contributed by atoms with E-state index in [1.807, 2.05) is 12.1 Å². The molecule has 2 N–H and O–H groups in total. The van der Waals surface area contributed by atoms with Crippen LogP contribution < -0.4 is 10.3 Å². The molecule has 1 aliphatic carbocycles. The summed E-state index contributed by atoms with van der Waals surface area (Å²) in [4.78, 5) is 15.6. The van der Waals surface area contributed by atoms with Gasteiger partial charge in [0, 0.05) is 23.6 Å². The third-order valence-corrected chi connectivity index (χ3v) is 6.02. The number of rotatable bonds is 1. The molecule has 25 heavy (non-hydrogen) atoms. The van der Waals surface area contributed by atoms with Crippen LogP contribution in [0, 0.1) is 17.8 Å². The molecule has 4 heteroatoms. The second-order valence-corrected chi connectivity index (χ2v) is 7.89. The van der Waals surface area contributed by atoms with Gasteiger partial charge >= 0.3 is 0 Å². The highest BCUT2D eigenvalue weighted by atomic mass is 16.5. The fraction of sp³-hybridized carbons (Fsp3) is 0.476. The molecule has 0 radical (unpaired) electrons. The minimum atomic E-state index is -0.0270. The first-order valence-electron chi connectivity index (χ1n) is 9.17. The summed E-state index contributed by atoms with van der Waals surface area (Å²) in [6.07, 6.45) is 4.09. The van der Waals surface area contributed by atoms with E-state index in [-0.39, 0.29) is 23.3 Å². The van der Waals surface area contributed by atoms with Crippen LogP contribution in [0.2, 0.25) is 0 Å². The Hall–Kier alpha value is -2.23. The van der Waals surface area contributed by atoms with Crippen LogP contribution in [0.3, 0.4) is 0 Å². The number of phenolic OH excluding ortho intramolecular Hbond substituents is 1. The highest BCUT2D eigenvalue weighted by molar-refractivity contribution is 5.72. The monoisotopic (exact) mass is 339 g/mol. The molecule has 1 fully saturated rings. The smallest absolute Gasteiger partial charge is 0.255 e. The largest absolute Gasteiger partial charge is 0.508 e. The fourth-order valence-corrected chi connectivity index (χ4v) is 4.98. The van der Waals surface area contributed by atoms with Crippen LogP contribution in [-0.2, 0) is 0 Å². The van der Waals surface area contributed by atoms with E-state index < -0.39 is 0 Å². The molecular weight excluding hydrogens is 314 g/mol. The lowest BCUT2D eigenvalue weighted by Crippen LogP contribution is -2.43. The van der Waals surface area contributed by atoms with Gasteiger partial charge in [-0.2, -0.15) is 0 Å². The van der Waals surface area contributed by atoms with Crippen molar-refractivity contribution in [1.82, 2.24) is 4.98 Å². The lowest BCUT2D eigenvalue weighted by Gasteiger charge is -2.46. The van der Waals surface area contributed by atoms with Gasteiger partial charge in [-0.15, -0.1) is 0 Å². The molecule has 132 valence electrons. The quantitative estimate of drug-likeness (QED) is 0.814. The molecule has 0 unspecified atom stereocenters. The van der Waals surface area contributed by atoms with Crippen molar-refractivity contribution in [3.8, 4) is 22.6 Å². The fourth-order valence-electron chi connectivity index (χ4n) is 4.98. The third kappa shape index (κ3) is 2.64. The first kappa shape index (κ1) is 16.2. The van der Waals surface area contributed by atoms with Crippen molar-refractivity contribution in [2.24, 2.45) is 17.8 Å². The van der Waals surface area contributed by atoms with Crippen molar-refractivity contribution in [2.45, 2.75) is 45.6 Å². The Labute approximate surface area is 147 Å². The van der Waals surface area contributed by atoms with Crippen LogP contribution in [0.15, 0.2) is 35.3 Å². The normalized spacial score (nSPS) is 30.9. The number of aromatic hydroxyl groups is 1. The van der Waals surface area contributed by atoms with Gasteiger partial charge in [0.15, 0.2) is 0 Å². The summed E-state index contributed by atoms with van der Waals surface area (Å²) in [6, 6.07) is 7.03. The molecular formula is C21H25NO3. The zero-order valence-electron chi connectivity index (χ0n) is 15.0. The standard InChI is InChI=1S/C21H25NO3/c1-11-8-12(2)18-16(9-11)13(3)25-20-17(10-22-21(24)19(18)20)14-4-6-15(23)7-5-14/h4-7,10-13,16,18,23H,8-9H2,1-3H3,(H,22,24)/t11-,12+,13+,16+,18-/m1/s1. The van der Waals surface area contributed by atoms with E-state index in [1.165, 1.54) is 0 Å². The molecule has 2 aliphatic rings. The van der Waals surface area contributed by atoms with Crippen LogP contribution in [0.25, 0.3) is 11.1 Å². The number of hydrogen-bond donors (Lipinski definition) is 2. The highest BCUT2D eigenvalue weighted by Gasteiger charge is 2.45. The molecule has 0 spiro atoms. The molecule has 2 aromatic rings. The Kier molecular flexibility index (Phi) is 3.86. The van der Waals surface area contributed by atoms with Gasteiger partial charge in [0.2, 0.25) is 0 Å². The molecule has 1 aromatic heterocycles. The van der Waals surface area contributed by atoms with Crippen LogP contribution in [0.5, 0.6) is 11.5 Å². The first-order valence-corrected chi connectivity index (χ1v) is 9.17. The molecule has 2 heterocycles. The molecule has 0 bridgehead atoms. The van der Waals surface area contributed by atoms with Crippen LogP contribution in [0.4, 0.5) is 0 Å². The topological polar surface area (TPSA) is 62.3 Å². The van der Waals surface area contributed by atoms with Crippen molar-refractivity contribution >= 4 is 0 Å². The van der Waals surface area contributed by atoms with Gasteiger partial charge in [-0.25, -0.2) is 0 Å². The van der Waals surface area contributed by atoms with Gasteiger partial charge in [0.1, 0.15) is 11.5 Å². The van der Waals surface area contributed by atoms with Crippen molar-refractivity contribution in [2.75, 3.05) is 0 Å². The van der Waals surface area contributed by atoms with Gasteiger partial charge in [0.25, 0.3) is 5.56 Å². The van der Waals surface area contributed by atoms with E-state index in [2.05, 4.69) is 25.8 Å². The number of aromatic amines is 1. The summed E-state index contributed by atoms with van der Waals surface area (Å²) in [5.41, 5.74) is 2.62. The van der Waals surface area contributed by atoms with E-state index in [0.29, 0.717) is 17.8 Å². The summed E-state index contributed by atoms with van der Waals surface area (Å²) in [5, 5.41) is 9.55. The number of fused-ring (bicyclic) bond motifs is 3. The summed E-state index contributed by atoms with van der Waals surface area (Å²) in [5.74, 6) is 2.73. The van der Waals surface area contributed by atoms with Gasteiger partial charge < -0.3 is 14.8 Å². The third-order valence-electron chi connectivity index (χ3n) is 6.02. The maximum absolute atomic E-state index is 12.7. The zero-order chi connectivity index (χ0) is 17.7. The Morgan fingerprint density at radius 1 is 1.12 bits per heavy atom. The van der Waals surface area contributed by atoms with Crippen LogP contribution in [-0.4, -0.2) is 16.2 Å². The van der Waals surface area contributed by atoms with Crippen molar-refractivity contribution in [1.29, 1.82) is 0 Å².